The van der Waals surface area contributed by atoms with Crippen LogP contribution >= 0.6 is 11.3 Å². The van der Waals surface area contributed by atoms with Crippen LogP contribution in [-0.2, 0) is 16.1 Å². The third kappa shape index (κ3) is 3.13. The zero-order valence-electron chi connectivity index (χ0n) is 11.8. The van der Waals surface area contributed by atoms with E-state index >= 15 is 0 Å². The SMILES string of the molecule is CCC1(C)NC(=O)N(Cc2cc(C=CC(=O)O)cs2)C1=O. The lowest BCUT2D eigenvalue weighted by Crippen LogP contribution is -2.43. The summed E-state index contributed by atoms with van der Waals surface area (Å²) in [4.78, 5) is 36.6. The summed E-state index contributed by atoms with van der Waals surface area (Å²) in [5.41, 5.74) is -0.0943. The number of carbonyl (C=O) groups excluding carboxylic acids is 2. The molecule has 112 valence electrons. The molecule has 1 atom stereocenters. The van der Waals surface area contributed by atoms with Crippen molar-refractivity contribution in [2.45, 2.75) is 32.4 Å². The number of hydrogen-bond acceptors (Lipinski definition) is 4. The molecular weight excluding hydrogens is 292 g/mol. The molecule has 6 nitrogen and oxygen atoms in total. The molecule has 1 saturated heterocycles. The zero-order chi connectivity index (χ0) is 15.6. The Balaban J connectivity index is 2.10. The van der Waals surface area contributed by atoms with E-state index in [0.717, 1.165) is 16.5 Å². The molecule has 1 aromatic rings. The first-order valence-corrected chi connectivity index (χ1v) is 7.36. The van der Waals surface area contributed by atoms with Crippen molar-refractivity contribution in [3.63, 3.8) is 0 Å². The second-order valence-electron chi connectivity index (χ2n) is 5.03. The van der Waals surface area contributed by atoms with E-state index in [0.29, 0.717) is 6.42 Å². The first-order chi connectivity index (χ1) is 9.85. The summed E-state index contributed by atoms with van der Waals surface area (Å²) < 4.78 is 0. The average Bonchev–Trinajstić information content (AvgIpc) is 2.96. The number of hydrogen-bond donors (Lipinski definition) is 2. The molecule has 21 heavy (non-hydrogen) atoms. The van der Waals surface area contributed by atoms with Gasteiger partial charge in [-0.15, -0.1) is 11.3 Å². The highest BCUT2D eigenvalue weighted by Crippen LogP contribution is 2.25. The minimum absolute atomic E-state index is 0.200. The Bertz CT molecular complexity index is 622. The Kier molecular flexibility index (Phi) is 4.13. The summed E-state index contributed by atoms with van der Waals surface area (Å²) in [5, 5.41) is 13.1. The van der Waals surface area contributed by atoms with Crippen LogP contribution in [0.4, 0.5) is 4.79 Å². The molecule has 0 radical (unpaired) electrons. The van der Waals surface area contributed by atoms with Gasteiger partial charge >= 0.3 is 12.0 Å². The predicted molar refractivity (Wildman–Crippen MR) is 78.8 cm³/mol. The van der Waals surface area contributed by atoms with E-state index in [9.17, 15) is 14.4 Å². The van der Waals surface area contributed by atoms with E-state index in [2.05, 4.69) is 5.32 Å². The highest BCUT2D eigenvalue weighted by Gasteiger charge is 2.46. The Morgan fingerprint density at radius 3 is 2.81 bits per heavy atom. The van der Waals surface area contributed by atoms with Gasteiger partial charge in [0.2, 0.25) is 0 Å². The van der Waals surface area contributed by atoms with Crippen LogP contribution in [0.3, 0.4) is 0 Å². The van der Waals surface area contributed by atoms with E-state index in [4.69, 9.17) is 5.11 Å². The Morgan fingerprint density at radius 2 is 2.24 bits per heavy atom. The number of amides is 3. The van der Waals surface area contributed by atoms with Gasteiger partial charge in [-0.3, -0.25) is 9.69 Å². The van der Waals surface area contributed by atoms with Crippen molar-refractivity contribution < 1.29 is 19.5 Å². The molecule has 2 heterocycles. The number of carboxylic acids is 1. The van der Waals surface area contributed by atoms with Gasteiger partial charge in [0.15, 0.2) is 0 Å². The summed E-state index contributed by atoms with van der Waals surface area (Å²) in [7, 11) is 0. The van der Waals surface area contributed by atoms with E-state index in [1.807, 2.05) is 6.92 Å². The predicted octanol–water partition coefficient (Wildman–Crippen LogP) is 2.07. The van der Waals surface area contributed by atoms with Gasteiger partial charge in [0.05, 0.1) is 6.54 Å². The Labute approximate surface area is 126 Å². The maximum absolute atomic E-state index is 12.3. The number of carboxylic acid groups (broad SMARTS) is 1. The minimum atomic E-state index is -1.02. The second-order valence-corrected chi connectivity index (χ2v) is 6.02. The van der Waals surface area contributed by atoms with Crippen LogP contribution in [0.1, 0.15) is 30.7 Å². The van der Waals surface area contributed by atoms with Gasteiger partial charge in [-0.2, -0.15) is 0 Å². The van der Waals surface area contributed by atoms with Gasteiger partial charge in [0.1, 0.15) is 5.54 Å². The first kappa shape index (κ1) is 15.2. The molecule has 3 amide bonds. The molecule has 2 N–H and O–H groups in total. The third-order valence-electron chi connectivity index (χ3n) is 3.46. The number of imide groups is 1. The Morgan fingerprint density at radius 1 is 1.52 bits per heavy atom. The third-order valence-corrected chi connectivity index (χ3v) is 4.40. The molecule has 0 aromatic carbocycles. The molecule has 1 unspecified atom stereocenters. The summed E-state index contributed by atoms with van der Waals surface area (Å²) in [6, 6.07) is 1.38. The number of nitrogens with one attached hydrogen (secondary N) is 1. The van der Waals surface area contributed by atoms with E-state index in [-0.39, 0.29) is 18.5 Å². The smallest absolute Gasteiger partial charge is 0.328 e. The van der Waals surface area contributed by atoms with Crippen LogP contribution in [0.25, 0.3) is 6.08 Å². The molecule has 0 spiro atoms. The van der Waals surface area contributed by atoms with Crippen LogP contribution in [0.2, 0.25) is 0 Å². The summed E-state index contributed by atoms with van der Waals surface area (Å²) in [6.07, 6.45) is 3.06. The fourth-order valence-electron chi connectivity index (χ4n) is 2.02. The zero-order valence-corrected chi connectivity index (χ0v) is 12.6. The molecular formula is C14H16N2O4S. The largest absolute Gasteiger partial charge is 0.478 e. The topological polar surface area (TPSA) is 86.7 Å². The molecule has 1 aliphatic heterocycles. The van der Waals surface area contributed by atoms with E-state index < -0.39 is 11.5 Å². The molecule has 7 heteroatoms. The summed E-state index contributed by atoms with van der Waals surface area (Å²) in [5.74, 6) is -1.25. The standard InChI is InChI=1S/C14H16N2O4S/c1-3-14(2)12(19)16(13(20)15-14)7-10-6-9(8-21-10)4-5-11(17)18/h4-6,8H,3,7H2,1-2H3,(H,15,20)(H,17,18). The fraction of sp³-hybridized carbons (Fsp3) is 0.357. The van der Waals surface area contributed by atoms with Gasteiger partial charge in [-0.05, 0) is 36.4 Å². The van der Waals surface area contributed by atoms with Crippen LogP contribution < -0.4 is 5.32 Å². The van der Waals surface area contributed by atoms with Gasteiger partial charge in [-0.1, -0.05) is 6.92 Å². The lowest BCUT2D eigenvalue weighted by Gasteiger charge is -2.18. The number of carbonyl (C=O) groups is 3. The number of thiophene rings is 1. The number of urea groups is 1. The first-order valence-electron chi connectivity index (χ1n) is 6.48. The average molecular weight is 308 g/mol. The maximum atomic E-state index is 12.3. The van der Waals surface area contributed by atoms with Crippen molar-refractivity contribution in [2.75, 3.05) is 0 Å². The Hall–Kier alpha value is -2.15. The number of aliphatic carboxylic acids is 1. The van der Waals surface area contributed by atoms with E-state index in [1.165, 1.54) is 22.3 Å². The van der Waals surface area contributed by atoms with Gasteiger partial charge in [0, 0.05) is 11.0 Å². The molecule has 0 aliphatic carbocycles. The number of rotatable bonds is 5. The van der Waals surface area contributed by atoms with Crippen LogP contribution in [0.15, 0.2) is 17.5 Å². The van der Waals surface area contributed by atoms with Gasteiger partial charge in [-0.25, -0.2) is 9.59 Å². The van der Waals surface area contributed by atoms with Crippen molar-refractivity contribution >= 4 is 35.3 Å². The van der Waals surface area contributed by atoms with Crippen LogP contribution in [-0.4, -0.2) is 33.5 Å². The second kappa shape index (κ2) is 5.69. The molecule has 2 rings (SSSR count). The molecule has 0 bridgehead atoms. The fourth-order valence-corrected chi connectivity index (χ4v) is 2.86. The van der Waals surface area contributed by atoms with Crippen molar-refractivity contribution in [1.82, 2.24) is 10.2 Å². The monoisotopic (exact) mass is 308 g/mol. The van der Waals surface area contributed by atoms with Crippen molar-refractivity contribution in [2.24, 2.45) is 0 Å². The lowest BCUT2D eigenvalue weighted by molar-refractivity contribution is -0.132. The lowest BCUT2D eigenvalue weighted by atomic mass is 9.99. The highest BCUT2D eigenvalue weighted by atomic mass is 32.1. The normalized spacial score (nSPS) is 22.1. The quantitative estimate of drug-likeness (QED) is 0.644. The summed E-state index contributed by atoms with van der Waals surface area (Å²) in [6.45, 7) is 3.76. The molecule has 1 aromatic heterocycles. The van der Waals surface area contributed by atoms with Crippen LogP contribution in [0, 0.1) is 0 Å². The van der Waals surface area contributed by atoms with Crippen molar-refractivity contribution in [3.8, 4) is 0 Å². The van der Waals surface area contributed by atoms with Crippen molar-refractivity contribution in [3.05, 3.63) is 28.0 Å². The highest BCUT2D eigenvalue weighted by molar-refractivity contribution is 7.10. The van der Waals surface area contributed by atoms with Gasteiger partial charge in [0.25, 0.3) is 5.91 Å². The minimum Gasteiger partial charge on any atom is -0.478 e. The van der Waals surface area contributed by atoms with E-state index in [1.54, 1.807) is 18.4 Å². The van der Waals surface area contributed by atoms with Gasteiger partial charge < -0.3 is 10.4 Å². The molecule has 1 fully saturated rings. The van der Waals surface area contributed by atoms with Crippen molar-refractivity contribution in [1.29, 1.82) is 0 Å². The van der Waals surface area contributed by atoms with Crippen LogP contribution in [0.5, 0.6) is 0 Å². The number of nitrogens with zero attached hydrogens (tertiary/aromatic N) is 1. The summed E-state index contributed by atoms with van der Waals surface area (Å²) >= 11 is 1.38. The maximum Gasteiger partial charge on any atom is 0.328 e. The molecule has 0 saturated carbocycles. The molecule has 1 aliphatic rings.